The molecule has 41 heavy (non-hydrogen) atoms. The average molecular weight is 672 g/mol. The van der Waals surface area contributed by atoms with Gasteiger partial charge in [-0.2, -0.15) is 0 Å². The molecule has 0 amide bonds. The number of rotatable bonds is 0. The Balaban J connectivity index is -0.0000000584. The summed E-state index contributed by atoms with van der Waals surface area (Å²) >= 11 is 0. The van der Waals surface area contributed by atoms with Crippen LogP contribution in [0.15, 0.2) is 0 Å². The van der Waals surface area contributed by atoms with Crippen molar-refractivity contribution in [3.05, 3.63) is 61.3 Å². The van der Waals surface area contributed by atoms with Gasteiger partial charge in [0.15, 0.2) is 0 Å². The summed E-state index contributed by atoms with van der Waals surface area (Å²) in [6.07, 6.45) is 0. The summed E-state index contributed by atoms with van der Waals surface area (Å²) in [7, 11) is 0. The smallest absolute Gasteiger partial charge is 0.412 e. The van der Waals surface area contributed by atoms with Crippen LogP contribution in [0.3, 0.4) is 0 Å². The van der Waals surface area contributed by atoms with E-state index in [1.54, 1.807) is 0 Å². The van der Waals surface area contributed by atoms with Gasteiger partial charge in [0.05, 0.1) is 44.5 Å². The number of nitrogens with one attached hydrogen (secondary N) is 4. The van der Waals surface area contributed by atoms with Gasteiger partial charge in [0, 0.05) is 26.2 Å². The molecule has 257 valence electrons. The Bertz CT molecular complexity index is 504. The molecule has 27 heteroatoms. The average Bonchev–Trinajstić information content (AvgIpc) is 2.70. The van der Waals surface area contributed by atoms with Crippen molar-refractivity contribution in [2.45, 2.75) is 63.9 Å². The van der Waals surface area contributed by atoms with Gasteiger partial charge in [-0.1, -0.05) is 0 Å². The van der Waals surface area contributed by atoms with E-state index in [9.17, 15) is 0 Å². The van der Waals surface area contributed by atoms with Crippen molar-refractivity contribution in [2.75, 3.05) is 26.2 Å². The predicted octanol–water partition coefficient (Wildman–Crippen LogP) is -7.12. The van der Waals surface area contributed by atoms with Crippen LogP contribution >= 0.6 is 0 Å². The van der Waals surface area contributed by atoms with E-state index in [-0.39, 0.29) is 39.0 Å². The number of hydrogen-bond acceptors (Lipinski definition) is 16. The molecule has 1 heterocycles. The summed E-state index contributed by atoms with van der Waals surface area (Å²) in [5, 5.41) is 73.2. The molecule has 26 nitrogen and oxygen atoms in total. The van der Waals surface area contributed by atoms with E-state index in [2.05, 4.69) is 60.4 Å². The van der Waals surface area contributed by atoms with Gasteiger partial charge in [-0.05, 0) is 27.7 Å². The molecule has 1 saturated heterocycles. The Hall–Kier alpha value is -3.08. The maximum Gasteiger partial charge on any atom is 2.00 e. The van der Waals surface area contributed by atoms with Crippen molar-refractivity contribution >= 4 is 0 Å². The Morgan fingerprint density at radius 3 is 0.659 bits per heavy atom. The van der Waals surface area contributed by atoms with Gasteiger partial charge >= 0.3 is 17.1 Å². The molecular formula is C14H44CuN10O16. The van der Waals surface area contributed by atoms with Crippen LogP contribution in [0.25, 0.3) is 0 Å². The molecule has 4 atom stereocenters. The first kappa shape index (κ1) is 61.8. The third-order valence-corrected chi connectivity index (χ3v) is 4.68. The topological polar surface area (TPSA) is 494 Å². The molecule has 0 spiro atoms. The van der Waals surface area contributed by atoms with E-state index in [1.807, 2.05) is 0 Å². The summed E-state index contributed by atoms with van der Waals surface area (Å²) in [5.41, 5.74) is 8.59. The van der Waals surface area contributed by atoms with Crippen LogP contribution in [0.5, 0.6) is 0 Å². The zero-order chi connectivity index (χ0) is 29.4. The number of quaternary nitrogens is 2. The molecule has 0 unspecified atom stereocenters. The Morgan fingerprint density at radius 2 is 0.561 bits per heavy atom. The Labute approximate surface area is 244 Å². The molecule has 0 bridgehead atoms. The van der Waals surface area contributed by atoms with Gasteiger partial charge in [-0.3, -0.25) is 0 Å². The summed E-state index contributed by atoms with van der Waals surface area (Å²) in [5.74, 6) is 0. The van der Waals surface area contributed by atoms with Crippen LogP contribution in [-0.4, -0.2) is 105 Å². The monoisotopic (exact) mass is 671 g/mol. The van der Waals surface area contributed by atoms with Crippen molar-refractivity contribution in [1.82, 2.24) is 21.3 Å². The standard InChI is InChI=1S/C14H34N6.Cu.4NO3.4H2O/c1-9-13(15)10(2)18-7-8-20-12(4)14(16)11(3)19-6-5-17-9;;4*2-1(3)4;;;;/h9-14,17-20H,5-8,15-16H2,1-4H3;;;;;;4*1H2/q;+2;4*-1;;;;/p+2/t9-,10-,11+,12+,13?,14?;;;;;;;;;. The van der Waals surface area contributed by atoms with Gasteiger partial charge < -0.3 is 116 Å². The van der Waals surface area contributed by atoms with Crippen LogP contribution in [0.2, 0.25) is 0 Å². The third kappa shape index (κ3) is 62.1. The molecule has 1 aliphatic rings. The van der Waals surface area contributed by atoms with Crippen LogP contribution in [-0.2, 0) is 17.1 Å². The molecule has 1 fully saturated rings. The second-order valence-electron chi connectivity index (χ2n) is 7.19. The third-order valence-electron chi connectivity index (χ3n) is 4.68. The van der Waals surface area contributed by atoms with Crippen molar-refractivity contribution in [2.24, 2.45) is 0 Å². The molecular weight excluding hydrogens is 628 g/mol. The first-order chi connectivity index (χ1) is 16.4. The molecule has 0 saturated carbocycles. The molecule has 1 radical (unpaired) electrons. The van der Waals surface area contributed by atoms with E-state index < -0.39 is 20.3 Å². The molecule has 0 aromatic rings. The maximum absolute atomic E-state index is 8.25. The van der Waals surface area contributed by atoms with Crippen LogP contribution < -0.4 is 32.7 Å². The SMILES string of the molecule is C[C@@H]1NCCN[C@H](C)C([NH3+])[C@@H](C)NCCN[C@@H](C)C1[NH3+].O.O.O.O.O=[N+]([O-])[O-].O=[N+]([O-])[O-].O=[N+]([O-])[O-].O=[N+]([O-])[O-].[Cu+2]. The van der Waals surface area contributed by atoms with Crippen molar-refractivity contribution < 1.29 is 70.8 Å². The second-order valence-corrected chi connectivity index (χ2v) is 7.19. The molecule has 18 N–H and O–H groups in total. The van der Waals surface area contributed by atoms with Crippen molar-refractivity contribution in [1.29, 1.82) is 0 Å². The molecule has 1 aliphatic heterocycles. The fraction of sp³-hybridized carbons (Fsp3) is 1.00. The zero-order valence-corrected chi connectivity index (χ0v) is 23.6. The normalized spacial score (nSPS) is 23.3. The molecule has 1 rings (SSSR count). The van der Waals surface area contributed by atoms with E-state index in [1.165, 1.54) is 0 Å². The molecule has 0 aliphatic carbocycles. The van der Waals surface area contributed by atoms with Crippen molar-refractivity contribution in [3.63, 3.8) is 0 Å². The van der Waals surface area contributed by atoms with Gasteiger partial charge in [0.2, 0.25) is 0 Å². The number of nitrogens with zero attached hydrogens (tertiary/aromatic N) is 4. The van der Waals surface area contributed by atoms with Crippen LogP contribution in [0.4, 0.5) is 0 Å². The molecule has 0 aromatic carbocycles. The van der Waals surface area contributed by atoms with Crippen LogP contribution in [0, 0.1) is 61.3 Å². The Morgan fingerprint density at radius 1 is 0.463 bits per heavy atom. The fourth-order valence-electron chi connectivity index (χ4n) is 2.67. The van der Waals surface area contributed by atoms with Crippen molar-refractivity contribution in [3.8, 4) is 0 Å². The largest absolute Gasteiger partial charge is 2.00 e. The molecule has 0 aromatic heterocycles. The van der Waals surface area contributed by atoms with E-state index in [0.29, 0.717) is 36.3 Å². The van der Waals surface area contributed by atoms with Gasteiger partial charge in [0.1, 0.15) is 12.1 Å². The fourth-order valence-corrected chi connectivity index (χ4v) is 2.67. The minimum atomic E-state index is -1.75. The van der Waals surface area contributed by atoms with E-state index >= 15 is 0 Å². The summed E-state index contributed by atoms with van der Waals surface area (Å²) in [4.78, 5) is 33.0. The van der Waals surface area contributed by atoms with Gasteiger partial charge in [-0.15, -0.1) is 0 Å². The summed E-state index contributed by atoms with van der Waals surface area (Å²) < 4.78 is 0. The second kappa shape index (κ2) is 39.1. The van der Waals surface area contributed by atoms with E-state index in [0.717, 1.165) is 26.2 Å². The summed E-state index contributed by atoms with van der Waals surface area (Å²) in [6.45, 7) is 12.8. The van der Waals surface area contributed by atoms with Gasteiger partial charge in [-0.25, -0.2) is 0 Å². The van der Waals surface area contributed by atoms with Gasteiger partial charge in [0.25, 0.3) is 0 Å². The first-order valence-corrected chi connectivity index (χ1v) is 10.2. The number of hydrogen-bond donors (Lipinski definition) is 6. The minimum absolute atomic E-state index is 0. The maximum atomic E-state index is 8.25. The Kier molecular flexibility index (Phi) is 58.9. The quantitative estimate of drug-likeness (QED) is 0.0790. The summed E-state index contributed by atoms with van der Waals surface area (Å²) in [6, 6.07) is 2.40. The zero-order valence-electron chi connectivity index (χ0n) is 22.7. The first-order valence-electron chi connectivity index (χ1n) is 10.2. The van der Waals surface area contributed by atoms with E-state index in [4.69, 9.17) is 61.3 Å². The predicted molar refractivity (Wildman–Crippen MR) is 139 cm³/mol. The minimum Gasteiger partial charge on any atom is -0.412 e. The van der Waals surface area contributed by atoms with Crippen LogP contribution in [0.1, 0.15) is 27.7 Å².